The van der Waals surface area contributed by atoms with Gasteiger partial charge in [0.2, 0.25) is 0 Å². The first kappa shape index (κ1) is 22.5. The number of rotatable bonds is 2. The highest BCUT2D eigenvalue weighted by atomic mass is 32.2. The number of anilines is 1. The third-order valence-corrected chi connectivity index (χ3v) is 6.58. The topological polar surface area (TPSA) is 72.9 Å². The number of hydrogen-bond donors (Lipinski definition) is 0. The molecular weight excluding hydrogens is 422 g/mol. The molecule has 0 saturated heterocycles. The number of carbonyl (C=O) groups is 3. The summed E-state index contributed by atoms with van der Waals surface area (Å²) >= 11 is 2.18. The van der Waals surface area contributed by atoms with Crippen LogP contribution in [0.25, 0.3) is 5.57 Å². The van der Waals surface area contributed by atoms with E-state index in [1.807, 2.05) is 24.3 Å². The van der Waals surface area contributed by atoms with Crippen molar-refractivity contribution in [1.29, 1.82) is 0 Å². The number of nitrogens with zero attached hydrogens (tertiary/aromatic N) is 1. The monoisotopic (exact) mass is 447 g/mol. The van der Waals surface area contributed by atoms with Crippen LogP contribution < -0.4 is 4.90 Å². The molecule has 0 bridgehead atoms. The van der Waals surface area contributed by atoms with Gasteiger partial charge in [0.15, 0.2) is 0 Å². The Hall–Kier alpha value is -2.19. The van der Waals surface area contributed by atoms with E-state index in [4.69, 9.17) is 9.47 Å². The lowest BCUT2D eigenvalue weighted by atomic mass is 10.1. The number of hydrogen-bond acceptors (Lipinski definition) is 7. The molecule has 0 fully saturated rings. The van der Waals surface area contributed by atoms with Crippen LogP contribution in [-0.2, 0) is 23.9 Å². The van der Waals surface area contributed by atoms with Gasteiger partial charge in [-0.3, -0.25) is 4.79 Å². The van der Waals surface area contributed by atoms with Crippen molar-refractivity contribution in [2.75, 3.05) is 11.9 Å². The minimum Gasteiger partial charge on any atom is -0.456 e. The summed E-state index contributed by atoms with van der Waals surface area (Å²) in [5, 5.41) is 0. The van der Waals surface area contributed by atoms with Crippen molar-refractivity contribution in [1.82, 2.24) is 0 Å². The number of thioether (sulfide) groups is 2. The smallest absolute Gasteiger partial charge is 0.346 e. The fraction of sp³-hybridized carbons (Fsp3) is 0.409. The number of ether oxygens (including phenoxy) is 2. The van der Waals surface area contributed by atoms with Crippen molar-refractivity contribution < 1.29 is 23.9 Å². The summed E-state index contributed by atoms with van der Waals surface area (Å²) in [7, 11) is 1.70. The molecule has 1 aromatic carbocycles. The van der Waals surface area contributed by atoms with E-state index >= 15 is 0 Å². The molecule has 3 rings (SSSR count). The van der Waals surface area contributed by atoms with Crippen LogP contribution in [0, 0.1) is 0 Å². The minimum atomic E-state index is -0.722. The summed E-state index contributed by atoms with van der Waals surface area (Å²) in [5.41, 5.74) is 0.591. The van der Waals surface area contributed by atoms with Crippen LogP contribution in [0.1, 0.15) is 47.1 Å². The van der Waals surface area contributed by atoms with Crippen LogP contribution in [0.15, 0.2) is 38.3 Å². The Morgan fingerprint density at radius 2 is 1.33 bits per heavy atom. The predicted molar refractivity (Wildman–Crippen MR) is 121 cm³/mol. The van der Waals surface area contributed by atoms with Gasteiger partial charge in [0.1, 0.15) is 21.0 Å². The molecule has 160 valence electrons. The predicted octanol–water partition coefficient (Wildman–Crippen LogP) is 4.71. The van der Waals surface area contributed by atoms with Gasteiger partial charge in [-0.25, -0.2) is 9.59 Å². The standard InChI is InChI=1S/C22H25NO5S2/c1-21(2,3)27-18(25)15-16(19(26)28-22(4,5)6)30-20(29-15)14-12-10-8-9-11-13(12)23(7)17(14)24/h8-11H,1-7H3. The zero-order valence-corrected chi connectivity index (χ0v) is 19.7. The molecule has 2 aliphatic rings. The van der Waals surface area contributed by atoms with Gasteiger partial charge in [0.05, 0.1) is 15.5 Å². The highest BCUT2D eigenvalue weighted by molar-refractivity contribution is 8.29. The maximum absolute atomic E-state index is 13.0. The second-order valence-electron chi connectivity index (χ2n) is 8.91. The Kier molecular flexibility index (Phi) is 5.86. The molecule has 0 saturated carbocycles. The van der Waals surface area contributed by atoms with Crippen molar-refractivity contribution >= 4 is 52.6 Å². The van der Waals surface area contributed by atoms with Gasteiger partial charge in [0, 0.05) is 12.6 Å². The second-order valence-corrected chi connectivity index (χ2v) is 11.2. The van der Waals surface area contributed by atoms with Gasteiger partial charge in [-0.05, 0) is 47.6 Å². The second kappa shape index (κ2) is 7.81. The number of esters is 2. The molecule has 0 N–H and O–H groups in total. The molecule has 1 aromatic rings. The van der Waals surface area contributed by atoms with Gasteiger partial charge in [-0.2, -0.15) is 0 Å². The molecule has 2 heterocycles. The highest BCUT2D eigenvalue weighted by Crippen LogP contribution is 2.55. The zero-order chi connectivity index (χ0) is 22.4. The van der Waals surface area contributed by atoms with E-state index in [0.717, 1.165) is 34.8 Å². The van der Waals surface area contributed by atoms with Crippen LogP contribution >= 0.6 is 23.5 Å². The summed E-state index contributed by atoms with van der Waals surface area (Å²) in [6.07, 6.45) is 0. The number of para-hydroxylation sites is 1. The molecule has 0 spiro atoms. The molecule has 1 amide bonds. The molecule has 6 nitrogen and oxygen atoms in total. The largest absolute Gasteiger partial charge is 0.456 e. The average molecular weight is 448 g/mol. The Labute approximate surface area is 185 Å². The Morgan fingerprint density at radius 3 is 1.80 bits per heavy atom. The van der Waals surface area contributed by atoms with Crippen molar-refractivity contribution in [2.45, 2.75) is 52.7 Å². The Bertz CT molecular complexity index is 954. The first-order chi connectivity index (χ1) is 13.8. The van der Waals surface area contributed by atoms with E-state index in [1.165, 1.54) is 0 Å². The summed E-state index contributed by atoms with van der Waals surface area (Å²) in [4.78, 5) is 40.5. The lowest BCUT2D eigenvalue weighted by Crippen LogP contribution is -2.27. The fourth-order valence-electron chi connectivity index (χ4n) is 2.89. The van der Waals surface area contributed by atoms with Gasteiger partial charge < -0.3 is 14.4 Å². The maximum Gasteiger partial charge on any atom is 0.346 e. The molecule has 8 heteroatoms. The first-order valence-corrected chi connectivity index (χ1v) is 11.1. The highest BCUT2D eigenvalue weighted by Gasteiger charge is 2.41. The molecule has 30 heavy (non-hydrogen) atoms. The maximum atomic E-state index is 13.0. The van der Waals surface area contributed by atoms with Crippen molar-refractivity contribution in [3.05, 3.63) is 43.9 Å². The van der Waals surface area contributed by atoms with E-state index in [0.29, 0.717) is 9.81 Å². The summed E-state index contributed by atoms with van der Waals surface area (Å²) in [6, 6.07) is 7.44. The van der Waals surface area contributed by atoms with Gasteiger partial charge >= 0.3 is 11.9 Å². The molecule has 0 aliphatic carbocycles. The summed E-state index contributed by atoms with van der Waals surface area (Å²) in [6.45, 7) is 10.6. The van der Waals surface area contributed by atoms with Gasteiger partial charge in [-0.1, -0.05) is 41.7 Å². The quantitative estimate of drug-likeness (QED) is 0.480. The molecule has 0 aromatic heterocycles. The lowest BCUT2D eigenvalue weighted by molar-refractivity contribution is -0.152. The van der Waals surface area contributed by atoms with Crippen LogP contribution in [0.5, 0.6) is 0 Å². The van der Waals surface area contributed by atoms with Crippen molar-refractivity contribution in [2.24, 2.45) is 0 Å². The molecule has 2 aliphatic heterocycles. The fourth-order valence-corrected chi connectivity index (χ4v) is 5.37. The molecular formula is C22H25NO5S2. The third-order valence-electron chi connectivity index (χ3n) is 4.02. The van der Waals surface area contributed by atoms with E-state index < -0.39 is 23.1 Å². The SMILES string of the molecule is CN1C(=O)C(=C2SC(C(=O)OC(C)(C)C)=C(C(=O)OC(C)(C)C)S2)c2ccccc21. The number of fused-ring (bicyclic) bond motifs is 1. The average Bonchev–Trinajstić information content (AvgIpc) is 3.13. The third kappa shape index (κ3) is 4.59. The molecule has 0 unspecified atom stereocenters. The lowest BCUT2D eigenvalue weighted by Gasteiger charge is -2.21. The van der Waals surface area contributed by atoms with Crippen molar-refractivity contribution in [3.63, 3.8) is 0 Å². The minimum absolute atomic E-state index is 0.145. The van der Waals surface area contributed by atoms with E-state index in [1.54, 1.807) is 53.5 Å². The van der Waals surface area contributed by atoms with E-state index in [9.17, 15) is 14.4 Å². The van der Waals surface area contributed by atoms with E-state index in [-0.39, 0.29) is 15.7 Å². The van der Waals surface area contributed by atoms with Crippen LogP contribution in [0.3, 0.4) is 0 Å². The summed E-state index contributed by atoms with van der Waals surface area (Å²) in [5.74, 6) is -1.40. The van der Waals surface area contributed by atoms with Crippen LogP contribution in [0.2, 0.25) is 0 Å². The number of benzene rings is 1. The number of amides is 1. The molecule has 0 atom stereocenters. The Balaban J connectivity index is 2.05. The number of likely N-dealkylation sites (N-methyl/N-ethyl adjacent to an activating group) is 1. The Morgan fingerprint density at radius 1 is 0.867 bits per heavy atom. The first-order valence-electron chi connectivity index (χ1n) is 9.47. The van der Waals surface area contributed by atoms with Crippen molar-refractivity contribution in [3.8, 4) is 0 Å². The van der Waals surface area contributed by atoms with Crippen LogP contribution in [0.4, 0.5) is 5.69 Å². The molecule has 0 radical (unpaired) electrons. The zero-order valence-electron chi connectivity index (χ0n) is 18.1. The van der Waals surface area contributed by atoms with Crippen LogP contribution in [-0.4, -0.2) is 36.1 Å². The summed E-state index contributed by atoms with van der Waals surface area (Å²) < 4.78 is 11.6. The number of carbonyl (C=O) groups excluding carboxylic acids is 3. The van der Waals surface area contributed by atoms with E-state index in [2.05, 4.69) is 0 Å². The normalized spacial score (nSPS) is 16.9. The van der Waals surface area contributed by atoms with Gasteiger partial charge in [0.25, 0.3) is 5.91 Å². The van der Waals surface area contributed by atoms with Gasteiger partial charge in [-0.15, -0.1) is 0 Å².